The molecule has 7 heteroatoms. The molecule has 0 bridgehead atoms. The summed E-state index contributed by atoms with van der Waals surface area (Å²) in [4.78, 5) is 38.4. The van der Waals surface area contributed by atoms with Gasteiger partial charge < -0.3 is 15.4 Å². The molecule has 0 aliphatic carbocycles. The summed E-state index contributed by atoms with van der Waals surface area (Å²) in [6.07, 6.45) is 0.548. The monoisotopic (exact) mass is 421 g/mol. The molecule has 4 rings (SSSR count). The third-order valence-corrected chi connectivity index (χ3v) is 6.17. The van der Waals surface area contributed by atoms with E-state index in [1.807, 2.05) is 24.3 Å². The number of fused-ring (bicyclic) bond motifs is 2. The van der Waals surface area contributed by atoms with E-state index in [-0.39, 0.29) is 23.8 Å². The van der Waals surface area contributed by atoms with Gasteiger partial charge in [-0.05, 0) is 49.6 Å². The molecule has 0 saturated carbocycles. The lowest BCUT2D eigenvalue weighted by molar-refractivity contribution is -0.130. The minimum atomic E-state index is -1.10. The highest BCUT2D eigenvalue weighted by Gasteiger charge is 2.60. The van der Waals surface area contributed by atoms with Crippen LogP contribution < -0.4 is 16.0 Å². The van der Waals surface area contributed by atoms with E-state index in [2.05, 4.69) is 29.8 Å². The van der Waals surface area contributed by atoms with Crippen LogP contribution in [0.4, 0.5) is 11.4 Å². The molecule has 3 N–H and O–H groups in total. The molecule has 0 radical (unpaired) electrons. The smallest absolute Gasteiger partial charge is 0.338 e. The highest BCUT2D eigenvalue weighted by molar-refractivity contribution is 6.10. The second-order valence-electron chi connectivity index (χ2n) is 8.38. The van der Waals surface area contributed by atoms with E-state index in [1.165, 1.54) is 0 Å². The molecule has 1 fully saturated rings. The van der Waals surface area contributed by atoms with Gasteiger partial charge in [0.25, 0.3) is 0 Å². The van der Waals surface area contributed by atoms with Gasteiger partial charge in [-0.2, -0.15) is 0 Å². The van der Waals surface area contributed by atoms with Crippen molar-refractivity contribution in [2.75, 3.05) is 17.2 Å². The van der Waals surface area contributed by atoms with Crippen LogP contribution in [0.5, 0.6) is 0 Å². The lowest BCUT2D eigenvalue weighted by Gasteiger charge is -2.29. The van der Waals surface area contributed by atoms with Crippen LogP contribution in [0.2, 0.25) is 0 Å². The molecule has 31 heavy (non-hydrogen) atoms. The van der Waals surface area contributed by atoms with E-state index in [0.717, 1.165) is 11.3 Å². The quantitative estimate of drug-likeness (QED) is 0.644. The predicted molar refractivity (Wildman–Crippen MR) is 118 cm³/mol. The minimum Gasteiger partial charge on any atom is -0.462 e. The minimum absolute atomic E-state index is 0.0267. The van der Waals surface area contributed by atoms with E-state index >= 15 is 0 Å². The number of rotatable bonds is 5. The van der Waals surface area contributed by atoms with E-state index in [1.54, 1.807) is 31.2 Å². The first-order valence-corrected chi connectivity index (χ1v) is 10.6. The molecule has 2 amide bonds. The standard InChI is InChI=1S/C24H27N3O4/c1-4-31-22(29)15-9-11-16(12-10-15)25-21(28)18-13-20(14(2)3)27-24(18)17-7-5-6-8-19(17)26-23(24)30/h5-12,14,18,20,27H,4,13H2,1-3H3,(H,25,28)(H,26,30)/t18-,20-,24+/m1/s1. The van der Waals surface area contributed by atoms with Crippen LogP contribution in [0.15, 0.2) is 48.5 Å². The van der Waals surface area contributed by atoms with Crippen LogP contribution in [0.3, 0.4) is 0 Å². The number of hydrogen-bond donors (Lipinski definition) is 3. The average molecular weight is 421 g/mol. The van der Waals surface area contributed by atoms with Crippen molar-refractivity contribution < 1.29 is 19.1 Å². The number of carbonyl (C=O) groups excluding carboxylic acids is 3. The Morgan fingerprint density at radius 2 is 1.87 bits per heavy atom. The molecule has 0 aromatic heterocycles. The summed E-state index contributed by atoms with van der Waals surface area (Å²) in [7, 11) is 0. The molecular weight excluding hydrogens is 394 g/mol. The number of nitrogens with one attached hydrogen (secondary N) is 3. The molecule has 2 aromatic rings. The summed E-state index contributed by atoms with van der Waals surface area (Å²) in [5, 5.41) is 9.36. The summed E-state index contributed by atoms with van der Waals surface area (Å²) in [6.45, 7) is 6.21. The van der Waals surface area contributed by atoms with Crippen molar-refractivity contribution in [2.24, 2.45) is 11.8 Å². The largest absolute Gasteiger partial charge is 0.462 e. The van der Waals surface area contributed by atoms with Crippen LogP contribution >= 0.6 is 0 Å². The van der Waals surface area contributed by atoms with Crippen molar-refractivity contribution in [2.45, 2.75) is 38.8 Å². The van der Waals surface area contributed by atoms with Crippen molar-refractivity contribution in [1.82, 2.24) is 5.32 Å². The molecular formula is C24H27N3O4. The van der Waals surface area contributed by atoms with Gasteiger partial charge in [-0.3, -0.25) is 14.9 Å². The number of anilines is 2. The molecule has 2 aliphatic heterocycles. The summed E-state index contributed by atoms with van der Waals surface area (Å²) in [6, 6.07) is 14.1. The number of esters is 1. The van der Waals surface area contributed by atoms with Crippen LogP contribution in [-0.4, -0.2) is 30.4 Å². The Balaban J connectivity index is 1.62. The lowest BCUT2D eigenvalue weighted by Crippen LogP contribution is -2.52. The van der Waals surface area contributed by atoms with Gasteiger partial charge in [0, 0.05) is 23.0 Å². The Hall–Kier alpha value is -3.19. The Kier molecular flexibility index (Phi) is 5.54. The van der Waals surface area contributed by atoms with Gasteiger partial charge in [0.05, 0.1) is 18.1 Å². The molecule has 7 nitrogen and oxygen atoms in total. The summed E-state index contributed by atoms with van der Waals surface area (Å²) in [5.41, 5.74) is 1.43. The predicted octanol–water partition coefficient (Wildman–Crippen LogP) is 3.28. The summed E-state index contributed by atoms with van der Waals surface area (Å²) < 4.78 is 4.99. The first-order valence-electron chi connectivity index (χ1n) is 10.6. The van der Waals surface area contributed by atoms with E-state index < -0.39 is 17.4 Å². The Bertz CT molecular complexity index is 1020. The second kappa shape index (κ2) is 8.15. The van der Waals surface area contributed by atoms with Crippen LogP contribution in [0.25, 0.3) is 0 Å². The summed E-state index contributed by atoms with van der Waals surface area (Å²) >= 11 is 0. The van der Waals surface area contributed by atoms with Crippen molar-refractivity contribution in [1.29, 1.82) is 0 Å². The third kappa shape index (κ3) is 3.59. The number of para-hydroxylation sites is 1. The highest BCUT2D eigenvalue weighted by atomic mass is 16.5. The normalized spacial score (nSPS) is 24.2. The zero-order valence-electron chi connectivity index (χ0n) is 17.9. The SMILES string of the molecule is CCOC(=O)c1ccc(NC(=O)[C@H]2C[C@H](C(C)C)N[C@]23C(=O)Nc2ccccc23)cc1. The number of benzene rings is 2. The van der Waals surface area contributed by atoms with Crippen molar-refractivity contribution in [3.8, 4) is 0 Å². The maximum atomic E-state index is 13.4. The number of carbonyl (C=O) groups is 3. The molecule has 2 aliphatic rings. The fourth-order valence-corrected chi connectivity index (χ4v) is 4.53. The first kappa shape index (κ1) is 21.1. The molecule has 162 valence electrons. The van der Waals surface area contributed by atoms with Crippen LogP contribution in [0.1, 0.15) is 43.1 Å². The summed E-state index contributed by atoms with van der Waals surface area (Å²) in [5.74, 6) is -1.15. The zero-order chi connectivity index (χ0) is 22.2. The highest BCUT2D eigenvalue weighted by Crippen LogP contribution is 2.48. The van der Waals surface area contributed by atoms with Gasteiger partial charge in [-0.1, -0.05) is 32.0 Å². The number of amides is 2. The molecule has 2 aromatic carbocycles. The topological polar surface area (TPSA) is 96.5 Å². The maximum absolute atomic E-state index is 13.4. The van der Waals surface area contributed by atoms with E-state index in [9.17, 15) is 14.4 Å². The van der Waals surface area contributed by atoms with Crippen LogP contribution in [-0.2, 0) is 19.9 Å². The first-order chi connectivity index (χ1) is 14.9. The van der Waals surface area contributed by atoms with Gasteiger partial charge in [0.1, 0.15) is 5.54 Å². The Morgan fingerprint density at radius 1 is 1.16 bits per heavy atom. The van der Waals surface area contributed by atoms with Gasteiger partial charge in [0.15, 0.2) is 0 Å². The fraction of sp³-hybridized carbons (Fsp3) is 0.375. The van der Waals surface area contributed by atoms with Gasteiger partial charge in [-0.25, -0.2) is 4.79 Å². The van der Waals surface area contributed by atoms with E-state index in [0.29, 0.717) is 24.3 Å². The number of hydrogen-bond acceptors (Lipinski definition) is 5. The third-order valence-electron chi connectivity index (χ3n) is 6.17. The molecule has 2 heterocycles. The lowest BCUT2D eigenvalue weighted by atomic mass is 9.79. The fourth-order valence-electron chi connectivity index (χ4n) is 4.53. The molecule has 3 atom stereocenters. The van der Waals surface area contributed by atoms with Gasteiger partial charge in [-0.15, -0.1) is 0 Å². The molecule has 0 unspecified atom stereocenters. The van der Waals surface area contributed by atoms with Crippen LogP contribution in [0, 0.1) is 11.8 Å². The molecule has 1 spiro atoms. The maximum Gasteiger partial charge on any atom is 0.338 e. The number of ether oxygens (including phenoxy) is 1. The van der Waals surface area contributed by atoms with Gasteiger partial charge in [0.2, 0.25) is 11.8 Å². The molecule has 1 saturated heterocycles. The van der Waals surface area contributed by atoms with Crippen molar-refractivity contribution in [3.63, 3.8) is 0 Å². The van der Waals surface area contributed by atoms with Crippen molar-refractivity contribution >= 4 is 29.2 Å². The average Bonchev–Trinajstić information content (AvgIpc) is 3.29. The zero-order valence-corrected chi connectivity index (χ0v) is 17.9. The van der Waals surface area contributed by atoms with Crippen molar-refractivity contribution in [3.05, 3.63) is 59.7 Å². The Labute approximate surface area is 181 Å². The van der Waals surface area contributed by atoms with Gasteiger partial charge >= 0.3 is 5.97 Å². The second-order valence-corrected chi connectivity index (χ2v) is 8.38. The Morgan fingerprint density at radius 3 is 2.55 bits per heavy atom. The van der Waals surface area contributed by atoms with E-state index in [4.69, 9.17) is 4.74 Å².